The molecule has 21 heavy (non-hydrogen) atoms. The fourth-order valence-corrected chi connectivity index (χ4v) is 3.81. The molecule has 1 aliphatic carbocycles. The summed E-state index contributed by atoms with van der Waals surface area (Å²) in [7, 11) is 1.32. The quantitative estimate of drug-likeness (QED) is 0.796. The minimum Gasteiger partial charge on any atom is -0.497 e. The van der Waals surface area contributed by atoms with Gasteiger partial charge >= 0.3 is 0 Å². The Balaban J connectivity index is 2.00. The monoisotopic (exact) mass is 308 g/mol. The van der Waals surface area contributed by atoms with E-state index in [0.717, 1.165) is 43.4 Å². The number of carbonyl (C=O) groups excluding carboxylic acids is 1. The van der Waals surface area contributed by atoms with Crippen molar-refractivity contribution in [2.75, 3.05) is 7.11 Å². The maximum atomic E-state index is 14.0. The maximum Gasteiger partial charge on any atom is 0.208 e. The van der Waals surface area contributed by atoms with Gasteiger partial charge in [-0.05, 0) is 37.3 Å². The summed E-state index contributed by atoms with van der Waals surface area (Å²) in [4.78, 5) is 14.0. The number of hydrogen-bond donors (Lipinski definition) is 0. The molecule has 0 fully saturated rings. The first kappa shape index (κ1) is 14.2. The SMILES string of the molecule is COc1cc(F)c(C(=O)c2cc3c(s2)CCCC3)c(F)c1. The van der Waals surface area contributed by atoms with Gasteiger partial charge in [0.2, 0.25) is 5.78 Å². The van der Waals surface area contributed by atoms with E-state index < -0.39 is 23.0 Å². The highest BCUT2D eigenvalue weighted by Gasteiger charge is 2.24. The molecule has 0 atom stereocenters. The summed E-state index contributed by atoms with van der Waals surface area (Å²) in [6.07, 6.45) is 4.09. The smallest absolute Gasteiger partial charge is 0.208 e. The van der Waals surface area contributed by atoms with Crippen molar-refractivity contribution in [3.8, 4) is 5.75 Å². The molecule has 0 saturated carbocycles. The largest absolute Gasteiger partial charge is 0.497 e. The number of ketones is 1. The van der Waals surface area contributed by atoms with Crippen molar-refractivity contribution in [3.63, 3.8) is 0 Å². The minimum atomic E-state index is -0.886. The van der Waals surface area contributed by atoms with Crippen LogP contribution in [0, 0.1) is 11.6 Å². The van der Waals surface area contributed by atoms with E-state index in [1.54, 1.807) is 6.07 Å². The van der Waals surface area contributed by atoms with Gasteiger partial charge in [0.25, 0.3) is 0 Å². The lowest BCUT2D eigenvalue weighted by Crippen LogP contribution is -2.06. The van der Waals surface area contributed by atoms with Crippen LogP contribution in [0.2, 0.25) is 0 Å². The Hall–Kier alpha value is -1.75. The summed E-state index contributed by atoms with van der Waals surface area (Å²) in [5.41, 5.74) is 0.637. The van der Waals surface area contributed by atoms with Crippen molar-refractivity contribution >= 4 is 17.1 Å². The minimum absolute atomic E-state index is 0.0621. The van der Waals surface area contributed by atoms with Crippen molar-refractivity contribution in [3.05, 3.63) is 50.7 Å². The van der Waals surface area contributed by atoms with Crippen molar-refractivity contribution in [1.82, 2.24) is 0 Å². The van der Waals surface area contributed by atoms with Gasteiger partial charge in [-0.1, -0.05) is 0 Å². The van der Waals surface area contributed by atoms with Gasteiger partial charge in [0.05, 0.1) is 17.6 Å². The summed E-state index contributed by atoms with van der Waals surface area (Å²) in [5, 5.41) is 0. The number of hydrogen-bond acceptors (Lipinski definition) is 3. The molecule has 0 radical (unpaired) electrons. The van der Waals surface area contributed by atoms with Crippen molar-refractivity contribution < 1.29 is 18.3 Å². The van der Waals surface area contributed by atoms with Gasteiger partial charge in [-0.15, -0.1) is 11.3 Å². The molecule has 0 unspecified atom stereocenters. The normalized spacial score (nSPS) is 13.9. The second-order valence-corrected chi connectivity index (χ2v) is 6.20. The Kier molecular flexibility index (Phi) is 3.76. The summed E-state index contributed by atoms with van der Waals surface area (Å²) in [5.74, 6) is -2.30. The van der Waals surface area contributed by atoms with E-state index in [2.05, 4.69) is 0 Å². The van der Waals surface area contributed by atoms with E-state index in [0.29, 0.717) is 4.88 Å². The van der Waals surface area contributed by atoms with Gasteiger partial charge in [0.1, 0.15) is 17.4 Å². The third kappa shape index (κ3) is 2.58. The van der Waals surface area contributed by atoms with Crippen LogP contribution in [0.1, 0.15) is 38.5 Å². The molecule has 0 amide bonds. The number of ether oxygens (including phenoxy) is 1. The summed E-state index contributed by atoms with van der Waals surface area (Å²) >= 11 is 1.35. The zero-order chi connectivity index (χ0) is 15.0. The molecular formula is C16H14F2O2S. The second-order valence-electron chi connectivity index (χ2n) is 5.06. The Labute approximate surface area is 125 Å². The number of aryl methyl sites for hydroxylation is 2. The third-order valence-corrected chi connectivity index (χ3v) is 4.93. The highest BCUT2D eigenvalue weighted by atomic mass is 32.1. The molecule has 1 aliphatic rings. The van der Waals surface area contributed by atoms with E-state index in [1.165, 1.54) is 23.3 Å². The van der Waals surface area contributed by atoms with Gasteiger partial charge in [-0.2, -0.15) is 0 Å². The molecule has 2 aromatic rings. The van der Waals surface area contributed by atoms with Gasteiger partial charge in [0, 0.05) is 17.0 Å². The van der Waals surface area contributed by atoms with Crippen LogP contribution >= 0.6 is 11.3 Å². The number of rotatable bonds is 3. The highest BCUT2D eigenvalue weighted by Crippen LogP contribution is 2.32. The Morgan fingerprint density at radius 3 is 2.43 bits per heavy atom. The zero-order valence-electron chi connectivity index (χ0n) is 11.5. The predicted octanol–water partition coefficient (Wildman–Crippen LogP) is 4.14. The van der Waals surface area contributed by atoms with Crippen LogP contribution in [-0.2, 0) is 12.8 Å². The summed E-state index contributed by atoms with van der Waals surface area (Å²) in [6, 6.07) is 3.85. The second kappa shape index (κ2) is 5.56. The molecule has 0 spiro atoms. The van der Waals surface area contributed by atoms with Crippen LogP contribution < -0.4 is 4.74 Å². The molecule has 1 heterocycles. The lowest BCUT2D eigenvalue weighted by molar-refractivity contribution is 0.103. The van der Waals surface area contributed by atoms with E-state index in [9.17, 15) is 13.6 Å². The number of fused-ring (bicyclic) bond motifs is 1. The molecule has 0 saturated heterocycles. The predicted molar refractivity (Wildman–Crippen MR) is 77.3 cm³/mol. The van der Waals surface area contributed by atoms with E-state index >= 15 is 0 Å². The standard InChI is InChI=1S/C16H14F2O2S/c1-20-10-7-11(17)15(12(18)8-10)16(19)14-6-9-4-2-3-5-13(9)21-14/h6-8H,2-5H2,1H3. The first-order chi connectivity index (χ1) is 10.1. The first-order valence-corrected chi connectivity index (χ1v) is 7.61. The van der Waals surface area contributed by atoms with Crippen LogP contribution in [-0.4, -0.2) is 12.9 Å². The van der Waals surface area contributed by atoms with Crippen molar-refractivity contribution in [1.29, 1.82) is 0 Å². The van der Waals surface area contributed by atoms with Crippen LogP contribution in [0.25, 0.3) is 0 Å². The van der Waals surface area contributed by atoms with Crippen LogP contribution in [0.5, 0.6) is 5.75 Å². The number of thiophene rings is 1. The number of carbonyl (C=O) groups is 1. The lowest BCUT2D eigenvalue weighted by atomic mass is 9.98. The number of benzene rings is 1. The van der Waals surface area contributed by atoms with E-state index in [4.69, 9.17) is 4.74 Å². The fraction of sp³-hybridized carbons (Fsp3) is 0.312. The summed E-state index contributed by atoms with van der Waals surface area (Å²) in [6.45, 7) is 0. The Bertz CT molecular complexity index is 660. The molecule has 110 valence electrons. The molecule has 1 aromatic carbocycles. The Morgan fingerprint density at radius 2 is 1.81 bits per heavy atom. The molecule has 2 nitrogen and oxygen atoms in total. The van der Waals surface area contributed by atoms with Crippen LogP contribution in [0.3, 0.4) is 0 Å². The van der Waals surface area contributed by atoms with Crippen LogP contribution in [0.15, 0.2) is 18.2 Å². The third-order valence-electron chi connectivity index (χ3n) is 3.70. The zero-order valence-corrected chi connectivity index (χ0v) is 12.4. The summed E-state index contributed by atoms with van der Waals surface area (Å²) < 4.78 is 32.8. The molecule has 3 rings (SSSR count). The average Bonchev–Trinajstić information content (AvgIpc) is 2.90. The van der Waals surface area contributed by atoms with Gasteiger partial charge in [-0.3, -0.25) is 4.79 Å². The molecule has 0 aliphatic heterocycles. The number of halogens is 2. The lowest BCUT2D eigenvalue weighted by Gasteiger charge is -2.08. The maximum absolute atomic E-state index is 14.0. The molecule has 1 aromatic heterocycles. The topological polar surface area (TPSA) is 26.3 Å². The number of methoxy groups -OCH3 is 1. The van der Waals surface area contributed by atoms with E-state index in [1.807, 2.05) is 0 Å². The molecule has 5 heteroatoms. The Morgan fingerprint density at radius 1 is 1.14 bits per heavy atom. The van der Waals surface area contributed by atoms with E-state index in [-0.39, 0.29) is 5.75 Å². The van der Waals surface area contributed by atoms with Crippen molar-refractivity contribution in [2.45, 2.75) is 25.7 Å². The van der Waals surface area contributed by atoms with Crippen LogP contribution in [0.4, 0.5) is 8.78 Å². The molecular weight excluding hydrogens is 294 g/mol. The van der Waals surface area contributed by atoms with Gasteiger partial charge < -0.3 is 4.74 Å². The van der Waals surface area contributed by atoms with Crippen molar-refractivity contribution in [2.24, 2.45) is 0 Å². The van der Waals surface area contributed by atoms with Gasteiger partial charge in [-0.25, -0.2) is 8.78 Å². The first-order valence-electron chi connectivity index (χ1n) is 6.79. The van der Waals surface area contributed by atoms with Gasteiger partial charge in [0.15, 0.2) is 0 Å². The average molecular weight is 308 g/mol. The highest BCUT2D eigenvalue weighted by molar-refractivity contribution is 7.14. The fourth-order valence-electron chi connectivity index (χ4n) is 2.61. The molecule has 0 bridgehead atoms. The molecule has 0 N–H and O–H groups in total.